The average Bonchev–Trinajstić information content (AvgIpc) is 2.84. The van der Waals surface area contributed by atoms with Crippen molar-refractivity contribution in [2.24, 2.45) is 5.10 Å². The van der Waals surface area contributed by atoms with Gasteiger partial charge in [-0.25, -0.2) is 15.0 Å². The Balaban J connectivity index is 1.68. The monoisotopic (exact) mass is 560 g/mol. The number of hydrogen-bond acceptors (Lipinski definition) is 8. The number of benzene rings is 2. The minimum Gasteiger partial charge on any atom is -0.507 e. The molecule has 0 unspecified atom stereocenters. The van der Waals surface area contributed by atoms with Crippen LogP contribution in [0.15, 0.2) is 57.2 Å². The van der Waals surface area contributed by atoms with Crippen LogP contribution in [0.25, 0.3) is 0 Å². The molecule has 0 aromatic heterocycles. The van der Waals surface area contributed by atoms with Gasteiger partial charge in [0.25, 0.3) is 5.91 Å². The lowest BCUT2D eigenvalue weighted by Gasteiger charge is -2.28. The number of hydrogen-bond donors (Lipinski definition) is 4. The number of nitrogens with one attached hydrogen (secondary N) is 3. The van der Waals surface area contributed by atoms with Gasteiger partial charge in [0, 0.05) is 5.70 Å². The molecule has 0 radical (unpaired) electrons. The fraction of sp³-hybridized carbons (Fsp3) is 0.250. The van der Waals surface area contributed by atoms with Crippen molar-refractivity contribution in [3.63, 3.8) is 0 Å². The van der Waals surface area contributed by atoms with Crippen molar-refractivity contribution in [1.29, 1.82) is 0 Å². The standard InChI is InChI=1S/C24H25BrN4O7/c1-4-35-23(32)21-13(2)27-24(33)28-22(21)15-6-8-18(19(10-15)34-3)36-12-20(31)29-26-11-14-5-7-17(30)16(25)9-14/h5-11,22,30H,4,12H2,1-3H3,(H,29,31)(H2,27,28,33)/b26-11-/t22-/m1/s1. The number of rotatable bonds is 9. The van der Waals surface area contributed by atoms with Crippen LogP contribution < -0.4 is 25.5 Å². The van der Waals surface area contributed by atoms with Crippen LogP contribution in [0.1, 0.15) is 31.0 Å². The van der Waals surface area contributed by atoms with E-state index in [0.29, 0.717) is 27.0 Å². The van der Waals surface area contributed by atoms with E-state index in [0.717, 1.165) is 0 Å². The van der Waals surface area contributed by atoms with Gasteiger partial charge in [-0.05, 0) is 71.2 Å². The predicted molar refractivity (Wildman–Crippen MR) is 134 cm³/mol. The Labute approximate surface area is 215 Å². The molecular formula is C24H25BrN4O7. The number of phenolic OH excluding ortho intramolecular Hbond substituents is 1. The summed E-state index contributed by atoms with van der Waals surface area (Å²) in [5.74, 6) is -0.393. The first-order valence-electron chi connectivity index (χ1n) is 10.8. The van der Waals surface area contributed by atoms with Gasteiger partial charge in [-0.2, -0.15) is 5.10 Å². The van der Waals surface area contributed by atoms with E-state index in [1.54, 1.807) is 44.2 Å². The molecule has 0 saturated carbocycles. The quantitative estimate of drug-likeness (QED) is 0.209. The molecule has 12 heteroatoms. The summed E-state index contributed by atoms with van der Waals surface area (Å²) in [6.07, 6.45) is 1.42. The third-order valence-electron chi connectivity index (χ3n) is 5.02. The largest absolute Gasteiger partial charge is 0.507 e. The highest BCUT2D eigenvalue weighted by Gasteiger charge is 2.32. The maximum absolute atomic E-state index is 12.5. The summed E-state index contributed by atoms with van der Waals surface area (Å²) in [5, 5.41) is 18.7. The number of esters is 1. The normalized spacial score (nSPS) is 15.2. The number of allylic oxidation sites excluding steroid dienone is 1. The zero-order chi connectivity index (χ0) is 26.2. The second-order valence-electron chi connectivity index (χ2n) is 7.49. The highest BCUT2D eigenvalue weighted by Crippen LogP contribution is 2.34. The molecule has 11 nitrogen and oxygen atoms in total. The number of halogens is 1. The van der Waals surface area contributed by atoms with Gasteiger partial charge in [-0.15, -0.1) is 0 Å². The summed E-state index contributed by atoms with van der Waals surface area (Å²) in [7, 11) is 1.43. The zero-order valence-corrected chi connectivity index (χ0v) is 21.3. The molecule has 36 heavy (non-hydrogen) atoms. The van der Waals surface area contributed by atoms with E-state index >= 15 is 0 Å². The number of ether oxygens (including phenoxy) is 3. The Morgan fingerprint density at radius 2 is 2.00 bits per heavy atom. The topological polar surface area (TPSA) is 148 Å². The number of carbonyl (C=O) groups is 3. The number of phenols is 1. The van der Waals surface area contributed by atoms with Crippen LogP contribution in [0.5, 0.6) is 17.2 Å². The van der Waals surface area contributed by atoms with Crippen molar-refractivity contribution >= 4 is 40.1 Å². The summed E-state index contributed by atoms with van der Waals surface area (Å²) in [5.41, 5.74) is 4.23. The molecule has 2 aromatic carbocycles. The number of nitrogens with zero attached hydrogens (tertiary/aromatic N) is 1. The molecule has 1 aliphatic rings. The lowest BCUT2D eigenvalue weighted by atomic mass is 9.95. The minimum absolute atomic E-state index is 0.0929. The van der Waals surface area contributed by atoms with Gasteiger partial charge in [0.15, 0.2) is 18.1 Å². The molecule has 0 saturated heterocycles. The van der Waals surface area contributed by atoms with Gasteiger partial charge in [-0.3, -0.25) is 4.79 Å². The molecule has 1 atom stereocenters. The van der Waals surface area contributed by atoms with Crippen LogP contribution >= 0.6 is 15.9 Å². The first-order chi connectivity index (χ1) is 17.2. The highest BCUT2D eigenvalue weighted by atomic mass is 79.9. The number of methoxy groups -OCH3 is 1. The zero-order valence-electron chi connectivity index (χ0n) is 19.8. The van der Waals surface area contributed by atoms with Gasteiger partial charge in [-0.1, -0.05) is 6.07 Å². The first-order valence-corrected chi connectivity index (χ1v) is 11.6. The van der Waals surface area contributed by atoms with Crippen molar-refractivity contribution in [2.75, 3.05) is 20.3 Å². The molecule has 0 bridgehead atoms. The molecule has 2 aromatic rings. The van der Waals surface area contributed by atoms with Crippen molar-refractivity contribution in [1.82, 2.24) is 16.1 Å². The second-order valence-corrected chi connectivity index (χ2v) is 8.35. The molecule has 3 rings (SSSR count). The average molecular weight is 561 g/mol. The van der Waals surface area contributed by atoms with Crippen LogP contribution in [0.2, 0.25) is 0 Å². The van der Waals surface area contributed by atoms with E-state index in [1.165, 1.54) is 19.4 Å². The molecule has 0 aliphatic carbocycles. The molecule has 4 N–H and O–H groups in total. The molecule has 0 spiro atoms. The van der Waals surface area contributed by atoms with E-state index in [1.807, 2.05) is 0 Å². The number of hydrazone groups is 1. The van der Waals surface area contributed by atoms with E-state index in [4.69, 9.17) is 14.2 Å². The van der Waals surface area contributed by atoms with Gasteiger partial charge in [0.1, 0.15) is 5.75 Å². The maximum atomic E-state index is 12.5. The van der Waals surface area contributed by atoms with Crippen molar-refractivity contribution in [3.8, 4) is 17.2 Å². The lowest BCUT2D eigenvalue weighted by Crippen LogP contribution is -2.45. The molecule has 190 valence electrons. The Morgan fingerprint density at radius 1 is 1.22 bits per heavy atom. The van der Waals surface area contributed by atoms with Crippen LogP contribution in [0.4, 0.5) is 4.79 Å². The van der Waals surface area contributed by atoms with Crippen molar-refractivity contribution in [3.05, 3.63) is 63.3 Å². The molecular weight excluding hydrogens is 536 g/mol. The lowest BCUT2D eigenvalue weighted by molar-refractivity contribution is -0.139. The molecule has 1 heterocycles. The van der Waals surface area contributed by atoms with Crippen LogP contribution in [-0.4, -0.2) is 49.6 Å². The Kier molecular flexibility index (Phi) is 8.90. The van der Waals surface area contributed by atoms with Gasteiger partial charge >= 0.3 is 12.0 Å². The first kappa shape index (κ1) is 26.5. The fourth-order valence-electron chi connectivity index (χ4n) is 3.36. The van der Waals surface area contributed by atoms with E-state index in [2.05, 4.69) is 37.1 Å². The molecule has 3 amide bonds. The Morgan fingerprint density at radius 3 is 2.69 bits per heavy atom. The van der Waals surface area contributed by atoms with E-state index < -0.39 is 23.9 Å². The second kappa shape index (κ2) is 12.1. The number of carbonyl (C=O) groups excluding carboxylic acids is 3. The number of urea groups is 1. The van der Waals surface area contributed by atoms with Gasteiger partial charge < -0.3 is 30.0 Å². The van der Waals surface area contributed by atoms with Crippen LogP contribution in [0.3, 0.4) is 0 Å². The SMILES string of the molecule is CCOC(=O)C1=C(C)NC(=O)N[C@@H]1c1ccc(OCC(=O)N/N=C\c2ccc(O)c(Br)c2)c(OC)c1. The summed E-state index contributed by atoms with van der Waals surface area (Å²) in [4.78, 5) is 36.7. The summed E-state index contributed by atoms with van der Waals surface area (Å²) < 4.78 is 16.6. The Bertz CT molecular complexity index is 1230. The maximum Gasteiger partial charge on any atom is 0.338 e. The fourth-order valence-corrected chi connectivity index (χ4v) is 3.76. The third kappa shape index (κ3) is 6.54. The van der Waals surface area contributed by atoms with Crippen molar-refractivity contribution in [2.45, 2.75) is 19.9 Å². The van der Waals surface area contributed by atoms with E-state index in [9.17, 15) is 19.5 Å². The van der Waals surface area contributed by atoms with E-state index in [-0.39, 0.29) is 30.3 Å². The van der Waals surface area contributed by atoms with Gasteiger partial charge in [0.05, 0.1) is 36.0 Å². The van der Waals surface area contributed by atoms with Gasteiger partial charge in [0.2, 0.25) is 0 Å². The number of amides is 3. The summed E-state index contributed by atoms with van der Waals surface area (Å²) in [6.45, 7) is 3.16. The predicted octanol–water partition coefficient (Wildman–Crippen LogP) is 2.88. The Hall–Kier alpha value is -4.06. The third-order valence-corrected chi connectivity index (χ3v) is 5.65. The molecule has 1 aliphatic heterocycles. The summed E-state index contributed by atoms with van der Waals surface area (Å²) >= 11 is 3.20. The van der Waals surface area contributed by atoms with Crippen LogP contribution in [0, 0.1) is 0 Å². The molecule has 0 fully saturated rings. The number of aromatic hydroxyl groups is 1. The smallest absolute Gasteiger partial charge is 0.338 e. The highest BCUT2D eigenvalue weighted by molar-refractivity contribution is 9.10. The van der Waals surface area contributed by atoms with Crippen molar-refractivity contribution < 1.29 is 33.7 Å². The minimum atomic E-state index is -0.765. The van der Waals surface area contributed by atoms with Crippen LogP contribution in [-0.2, 0) is 14.3 Å². The summed E-state index contributed by atoms with van der Waals surface area (Å²) in [6, 6.07) is 8.38.